The van der Waals surface area contributed by atoms with Crippen molar-refractivity contribution in [2.45, 2.75) is 6.04 Å². The Morgan fingerprint density at radius 3 is 2.68 bits per heavy atom. The van der Waals surface area contributed by atoms with Crippen LogP contribution in [-0.4, -0.2) is 56.0 Å². The predicted molar refractivity (Wildman–Crippen MR) is 114 cm³/mol. The molecule has 3 heterocycles. The van der Waals surface area contributed by atoms with Crippen LogP contribution in [0.15, 0.2) is 53.6 Å². The number of benzene rings is 1. The third-order valence-electron chi connectivity index (χ3n) is 4.84. The number of rotatable bonds is 6. The fourth-order valence-corrected chi connectivity index (χ4v) is 5.26. The molecule has 7 heteroatoms. The number of carbonyl (C=O) groups excluding carboxylic acids is 1. The average Bonchev–Trinajstić information content (AvgIpc) is 3.30. The van der Waals surface area contributed by atoms with Crippen molar-refractivity contribution in [3.8, 4) is 0 Å². The number of thiophene rings is 1. The largest absolute Gasteiger partial charge is 0.486 e. The Hall–Kier alpha value is -1.80. The van der Waals surface area contributed by atoms with Gasteiger partial charge in [-0.25, -0.2) is 0 Å². The van der Waals surface area contributed by atoms with Gasteiger partial charge in [-0.05, 0) is 17.0 Å². The van der Waals surface area contributed by atoms with E-state index in [1.54, 1.807) is 23.1 Å². The average molecular weight is 417 g/mol. The van der Waals surface area contributed by atoms with E-state index in [0.717, 1.165) is 42.5 Å². The number of hydrogen-bond acceptors (Lipinski definition) is 6. The summed E-state index contributed by atoms with van der Waals surface area (Å²) in [5.41, 5.74) is 1.03. The lowest BCUT2D eigenvalue weighted by molar-refractivity contribution is -0.121. The highest BCUT2D eigenvalue weighted by atomic mass is 32.2. The molecule has 4 rings (SSSR count). The maximum atomic E-state index is 13.0. The maximum Gasteiger partial charge on any atom is 0.287 e. The monoisotopic (exact) mass is 416 g/mol. The van der Waals surface area contributed by atoms with Gasteiger partial charge in [0.15, 0.2) is 5.76 Å². The van der Waals surface area contributed by atoms with Gasteiger partial charge in [0.2, 0.25) is 0 Å². The summed E-state index contributed by atoms with van der Waals surface area (Å²) in [6.07, 6.45) is 0. The third-order valence-corrected chi connectivity index (χ3v) is 6.89. The van der Waals surface area contributed by atoms with Gasteiger partial charge < -0.3 is 14.8 Å². The van der Waals surface area contributed by atoms with E-state index in [4.69, 9.17) is 9.47 Å². The molecule has 1 saturated heterocycles. The summed E-state index contributed by atoms with van der Waals surface area (Å²) in [6, 6.07) is 14.3. The first kappa shape index (κ1) is 19.5. The Balaban J connectivity index is 1.50. The Morgan fingerprint density at radius 2 is 1.93 bits per heavy atom. The molecule has 1 atom stereocenters. The van der Waals surface area contributed by atoms with Crippen LogP contribution in [0.25, 0.3) is 4.91 Å². The molecule has 1 amide bonds. The molecular weight excluding hydrogens is 392 g/mol. The number of amides is 1. The van der Waals surface area contributed by atoms with Crippen molar-refractivity contribution >= 4 is 33.9 Å². The molecule has 5 nitrogen and oxygen atoms in total. The molecule has 148 valence electrons. The molecule has 0 aliphatic carbocycles. The Morgan fingerprint density at radius 1 is 1.11 bits per heavy atom. The summed E-state index contributed by atoms with van der Waals surface area (Å²) < 4.78 is 11.3. The van der Waals surface area contributed by atoms with Crippen molar-refractivity contribution in [3.05, 3.63) is 64.0 Å². The van der Waals surface area contributed by atoms with Crippen molar-refractivity contribution in [3.63, 3.8) is 0 Å². The quantitative estimate of drug-likeness (QED) is 0.783. The second kappa shape index (κ2) is 9.60. The minimum absolute atomic E-state index is 0.138. The van der Waals surface area contributed by atoms with Gasteiger partial charge in [0.05, 0.1) is 30.8 Å². The van der Waals surface area contributed by atoms with Crippen LogP contribution in [0.3, 0.4) is 0 Å². The van der Waals surface area contributed by atoms with Gasteiger partial charge in [0.25, 0.3) is 5.91 Å². The van der Waals surface area contributed by atoms with E-state index in [-0.39, 0.29) is 11.9 Å². The predicted octanol–water partition coefficient (Wildman–Crippen LogP) is 3.37. The van der Waals surface area contributed by atoms with Gasteiger partial charge in [0.1, 0.15) is 0 Å². The zero-order valence-corrected chi connectivity index (χ0v) is 17.3. The highest BCUT2D eigenvalue weighted by Crippen LogP contribution is 2.34. The molecule has 0 saturated carbocycles. The number of hydrogen-bond donors (Lipinski definition) is 1. The molecule has 1 N–H and O–H groups in total. The second-order valence-corrected chi connectivity index (χ2v) is 8.70. The molecule has 0 spiro atoms. The van der Waals surface area contributed by atoms with Crippen LogP contribution in [0.1, 0.15) is 16.5 Å². The molecule has 2 aromatic rings. The molecular formula is C21H24N2O3S2. The number of nitrogens with one attached hydrogen (secondary N) is 1. The summed E-state index contributed by atoms with van der Waals surface area (Å²) in [5, 5.41) is 5.21. The van der Waals surface area contributed by atoms with Crippen LogP contribution >= 0.6 is 23.1 Å². The zero-order valence-electron chi connectivity index (χ0n) is 15.6. The van der Waals surface area contributed by atoms with Crippen LogP contribution in [0.2, 0.25) is 0 Å². The molecule has 2 aliphatic rings. The van der Waals surface area contributed by atoms with Gasteiger partial charge >= 0.3 is 0 Å². The second-order valence-electron chi connectivity index (χ2n) is 6.61. The van der Waals surface area contributed by atoms with Gasteiger partial charge in [-0.1, -0.05) is 36.4 Å². The van der Waals surface area contributed by atoms with Gasteiger partial charge in [0, 0.05) is 30.3 Å². The van der Waals surface area contributed by atoms with Crippen LogP contribution in [0, 0.1) is 0 Å². The summed E-state index contributed by atoms with van der Waals surface area (Å²) in [6.45, 7) is 4.34. The fourth-order valence-electron chi connectivity index (χ4n) is 3.44. The van der Waals surface area contributed by atoms with E-state index in [1.165, 1.54) is 4.88 Å². The Labute approximate surface area is 173 Å². The van der Waals surface area contributed by atoms with Crippen LogP contribution in [0.5, 0.6) is 0 Å². The van der Waals surface area contributed by atoms with E-state index < -0.39 is 0 Å². The van der Waals surface area contributed by atoms with Crippen molar-refractivity contribution < 1.29 is 14.3 Å². The number of thioether (sulfide) groups is 1. The van der Waals surface area contributed by atoms with Crippen LogP contribution in [0.4, 0.5) is 0 Å². The minimum Gasteiger partial charge on any atom is -0.486 e. The first-order valence-electron chi connectivity index (χ1n) is 9.51. The van der Waals surface area contributed by atoms with E-state index in [9.17, 15) is 4.79 Å². The zero-order chi connectivity index (χ0) is 19.2. The van der Waals surface area contributed by atoms with E-state index in [2.05, 4.69) is 27.7 Å². The van der Waals surface area contributed by atoms with Crippen molar-refractivity contribution in [1.82, 2.24) is 10.2 Å². The minimum atomic E-state index is -0.138. The summed E-state index contributed by atoms with van der Waals surface area (Å²) in [7, 11) is 0. The molecule has 0 bridgehead atoms. The molecule has 28 heavy (non-hydrogen) atoms. The van der Waals surface area contributed by atoms with Gasteiger partial charge in [-0.3, -0.25) is 9.69 Å². The van der Waals surface area contributed by atoms with Gasteiger partial charge in [-0.15, -0.1) is 23.1 Å². The topological polar surface area (TPSA) is 50.8 Å². The molecule has 1 aromatic carbocycles. The number of carbonyl (C=O) groups is 1. The summed E-state index contributed by atoms with van der Waals surface area (Å²) in [4.78, 5) is 17.6. The molecule has 2 aliphatic heterocycles. The SMILES string of the molecule is O=C(NCC(c1cccs1)N1CCOCC1)C1=C(c2ccccc2)SCCO1. The van der Waals surface area contributed by atoms with Crippen LogP contribution in [-0.2, 0) is 14.3 Å². The molecule has 1 aromatic heterocycles. The van der Waals surface area contributed by atoms with Crippen molar-refractivity contribution in [1.29, 1.82) is 0 Å². The Kier molecular flexibility index (Phi) is 6.69. The maximum absolute atomic E-state index is 13.0. The van der Waals surface area contributed by atoms with Crippen LogP contribution < -0.4 is 5.32 Å². The lowest BCUT2D eigenvalue weighted by Crippen LogP contribution is -2.44. The van der Waals surface area contributed by atoms with Gasteiger partial charge in [-0.2, -0.15) is 0 Å². The Bertz CT molecular complexity index is 802. The summed E-state index contributed by atoms with van der Waals surface area (Å²) in [5.74, 6) is 1.15. The van der Waals surface area contributed by atoms with E-state index in [1.807, 2.05) is 30.3 Å². The smallest absolute Gasteiger partial charge is 0.287 e. The number of nitrogens with zero attached hydrogens (tertiary/aromatic N) is 1. The standard InChI is InChI=1S/C21H24N2O3S2/c24-21(19-20(28-14-12-26-19)16-5-2-1-3-6-16)22-15-17(18-7-4-13-27-18)23-8-10-25-11-9-23/h1-7,13,17H,8-12,14-15H2,(H,22,24). The number of ether oxygens (including phenoxy) is 2. The number of morpholine rings is 1. The fraction of sp³-hybridized carbons (Fsp3) is 0.381. The summed E-state index contributed by atoms with van der Waals surface area (Å²) >= 11 is 3.41. The lowest BCUT2D eigenvalue weighted by Gasteiger charge is -2.34. The molecule has 0 radical (unpaired) electrons. The van der Waals surface area contributed by atoms with E-state index >= 15 is 0 Å². The third kappa shape index (κ3) is 4.60. The van der Waals surface area contributed by atoms with E-state index in [0.29, 0.717) is 18.9 Å². The first-order chi connectivity index (χ1) is 13.8. The highest BCUT2D eigenvalue weighted by Gasteiger charge is 2.27. The van der Waals surface area contributed by atoms with Crippen molar-refractivity contribution in [2.24, 2.45) is 0 Å². The normalized spacial score (nSPS) is 19.1. The lowest BCUT2D eigenvalue weighted by atomic mass is 10.1. The first-order valence-corrected chi connectivity index (χ1v) is 11.4. The highest BCUT2D eigenvalue weighted by molar-refractivity contribution is 8.08. The van der Waals surface area contributed by atoms with Crippen molar-refractivity contribution in [2.75, 3.05) is 45.2 Å². The molecule has 1 unspecified atom stereocenters. The molecule has 1 fully saturated rings.